The Morgan fingerprint density at radius 1 is 1.23 bits per heavy atom. The van der Waals surface area contributed by atoms with E-state index in [2.05, 4.69) is 5.32 Å². The summed E-state index contributed by atoms with van der Waals surface area (Å²) in [5, 5.41) is 13.1. The number of sulfonamides is 1. The summed E-state index contributed by atoms with van der Waals surface area (Å²) in [5.41, 5.74) is 0.672. The monoisotopic (exact) mass is 326 g/mol. The third-order valence-corrected chi connectivity index (χ3v) is 6.15. The molecule has 0 bridgehead atoms. The van der Waals surface area contributed by atoms with E-state index in [1.165, 1.54) is 4.31 Å². The molecule has 0 atom stereocenters. The second-order valence-electron chi connectivity index (χ2n) is 6.45. The van der Waals surface area contributed by atoms with Crippen LogP contribution in [-0.2, 0) is 10.0 Å². The number of aliphatic hydroxyl groups excluding tert-OH is 1. The third-order valence-electron chi connectivity index (χ3n) is 4.24. The van der Waals surface area contributed by atoms with Gasteiger partial charge < -0.3 is 10.4 Å². The number of nitrogens with zero attached hydrogens (tertiary/aromatic N) is 1. The van der Waals surface area contributed by atoms with Crippen molar-refractivity contribution in [3.8, 4) is 0 Å². The van der Waals surface area contributed by atoms with Crippen molar-refractivity contribution in [3.05, 3.63) is 29.8 Å². The highest BCUT2D eigenvalue weighted by Gasteiger charge is 2.38. The van der Waals surface area contributed by atoms with E-state index in [-0.39, 0.29) is 18.2 Å². The van der Waals surface area contributed by atoms with Crippen LogP contribution in [0.2, 0.25) is 0 Å². The number of nitrogens with one attached hydrogen (secondary N) is 1. The van der Waals surface area contributed by atoms with Crippen LogP contribution in [0.5, 0.6) is 0 Å². The molecule has 0 saturated carbocycles. The second-order valence-corrected chi connectivity index (χ2v) is 8.39. The molecule has 0 aliphatic carbocycles. The Kier molecular flexibility index (Phi) is 5.27. The van der Waals surface area contributed by atoms with Crippen LogP contribution < -0.4 is 5.32 Å². The molecule has 0 aromatic heterocycles. The molecule has 22 heavy (non-hydrogen) atoms. The van der Waals surface area contributed by atoms with Crippen molar-refractivity contribution in [2.45, 2.75) is 50.1 Å². The normalized spacial score (nSPS) is 19.5. The van der Waals surface area contributed by atoms with Gasteiger partial charge in [-0.15, -0.1) is 0 Å². The first-order valence-electron chi connectivity index (χ1n) is 7.74. The van der Waals surface area contributed by atoms with Crippen molar-refractivity contribution < 1.29 is 13.5 Å². The quantitative estimate of drug-likeness (QED) is 0.860. The Morgan fingerprint density at radius 3 is 2.23 bits per heavy atom. The van der Waals surface area contributed by atoms with Crippen molar-refractivity contribution in [2.24, 2.45) is 0 Å². The highest BCUT2D eigenvalue weighted by Crippen LogP contribution is 2.27. The van der Waals surface area contributed by atoms with Gasteiger partial charge in [0, 0.05) is 24.7 Å². The van der Waals surface area contributed by atoms with Gasteiger partial charge in [-0.3, -0.25) is 0 Å². The molecular formula is C16H26N2O3S. The van der Waals surface area contributed by atoms with Crippen LogP contribution >= 0.6 is 0 Å². The molecule has 1 aliphatic rings. The fraction of sp³-hybridized carbons (Fsp3) is 0.625. The number of aliphatic hydroxyl groups is 1. The van der Waals surface area contributed by atoms with Crippen molar-refractivity contribution in [1.82, 2.24) is 9.62 Å². The molecular weight excluding hydrogens is 300 g/mol. The van der Waals surface area contributed by atoms with Crippen molar-refractivity contribution >= 4 is 10.0 Å². The number of aryl methyl sites for hydroxylation is 1. The number of piperidine rings is 1. The van der Waals surface area contributed by atoms with Gasteiger partial charge >= 0.3 is 0 Å². The van der Waals surface area contributed by atoms with Crippen LogP contribution in [0.4, 0.5) is 0 Å². The Balaban J connectivity index is 2.11. The molecule has 1 aromatic carbocycles. The topological polar surface area (TPSA) is 69.6 Å². The maximum absolute atomic E-state index is 12.7. The summed E-state index contributed by atoms with van der Waals surface area (Å²) in [6, 6.07) is 7.20. The van der Waals surface area contributed by atoms with Gasteiger partial charge in [-0.25, -0.2) is 8.42 Å². The van der Waals surface area contributed by atoms with Gasteiger partial charge in [0.15, 0.2) is 0 Å². The van der Waals surface area contributed by atoms with Crippen LogP contribution in [0.25, 0.3) is 0 Å². The molecule has 1 fully saturated rings. The first-order valence-corrected chi connectivity index (χ1v) is 9.18. The summed E-state index contributed by atoms with van der Waals surface area (Å²) in [6.07, 6.45) is 1.24. The molecule has 1 heterocycles. The molecule has 0 amide bonds. The fourth-order valence-corrected chi connectivity index (χ4v) is 4.42. The van der Waals surface area contributed by atoms with Crippen LogP contribution in [0.1, 0.15) is 32.3 Å². The van der Waals surface area contributed by atoms with Crippen molar-refractivity contribution in [1.29, 1.82) is 0 Å². The molecule has 2 N–H and O–H groups in total. The molecule has 0 unspecified atom stereocenters. The van der Waals surface area contributed by atoms with Crippen molar-refractivity contribution in [3.63, 3.8) is 0 Å². The Labute approximate surface area is 133 Å². The third kappa shape index (κ3) is 3.68. The summed E-state index contributed by atoms with van der Waals surface area (Å²) in [7, 11) is -3.44. The van der Waals surface area contributed by atoms with E-state index in [4.69, 9.17) is 0 Å². The molecule has 1 aromatic rings. The average Bonchev–Trinajstić information content (AvgIpc) is 2.47. The highest BCUT2D eigenvalue weighted by atomic mass is 32.2. The van der Waals surface area contributed by atoms with Crippen LogP contribution in [-0.4, -0.2) is 49.1 Å². The molecule has 0 spiro atoms. The van der Waals surface area contributed by atoms with Gasteiger partial charge in [-0.1, -0.05) is 31.5 Å². The zero-order valence-corrected chi connectivity index (χ0v) is 14.4. The lowest BCUT2D eigenvalue weighted by Crippen LogP contribution is -2.58. The highest BCUT2D eigenvalue weighted by molar-refractivity contribution is 7.89. The Morgan fingerprint density at radius 2 is 1.77 bits per heavy atom. The van der Waals surface area contributed by atoms with Gasteiger partial charge in [0.25, 0.3) is 0 Å². The standard InChI is InChI=1S/C16H26N2O3S/c1-13(2)17-16(12-19)8-10-18(11-9-16)22(20,21)15-6-4-14(3)5-7-15/h4-7,13,17,19H,8-12H2,1-3H3. The van der Waals surface area contributed by atoms with Gasteiger partial charge in [-0.05, 0) is 31.9 Å². The number of hydrogen-bond acceptors (Lipinski definition) is 4. The zero-order chi connectivity index (χ0) is 16.4. The fourth-order valence-electron chi connectivity index (χ4n) is 2.97. The van der Waals surface area contributed by atoms with E-state index in [1.54, 1.807) is 12.1 Å². The summed E-state index contributed by atoms with van der Waals surface area (Å²) in [4.78, 5) is 0.339. The van der Waals surface area contributed by atoms with Gasteiger partial charge in [0.2, 0.25) is 10.0 Å². The molecule has 5 nitrogen and oxygen atoms in total. The summed E-state index contributed by atoms with van der Waals surface area (Å²) < 4.78 is 26.8. The maximum atomic E-state index is 12.7. The van der Waals surface area contributed by atoms with Crippen molar-refractivity contribution in [2.75, 3.05) is 19.7 Å². The van der Waals surface area contributed by atoms with E-state index in [9.17, 15) is 13.5 Å². The number of benzene rings is 1. The first-order chi connectivity index (χ1) is 10.3. The lowest BCUT2D eigenvalue weighted by atomic mass is 9.88. The number of hydrogen-bond donors (Lipinski definition) is 2. The van der Waals surface area contributed by atoms with E-state index in [0.717, 1.165) is 5.56 Å². The SMILES string of the molecule is Cc1ccc(S(=O)(=O)N2CCC(CO)(NC(C)C)CC2)cc1. The summed E-state index contributed by atoms with van der Waals surface area (Å²) >= 11 is 0. The molecule has 0 radical (unpaired) electrons. The molecule has 124 valence electrons. The first kappa shape index (κ1) is 17.4. The van der Waals surface area contributed by atoms with Gasteiger partial charge in [-0.2, -0.15) is 4.31 Å². The number of rotatable bonds is 5. The zero-order valence-electron chi connectivity index (χ0n) is 13.5. The predicted octanol–water partition coefficient (Wildman–Crippen LogP) is 1.51. The van der Waals surface area contributed by atoms with E-state index < -0.39 is 10.0 Å². The average molecular weight is 326 g/mol. The smallest absolute Gasteiger partial charge is 0.243 e. The van der Waals surface area contributed by atoms with Crippen LogP contribution in [0.3, 0.4) is 0 Å². The lowest BCUT2D eigenvalue weighted by Gasteiger charge is -2.42. The molecule has 6 heteroatoms. The Hall–Kier alpha value is -0.950. The van der Waals surface area contributed by atoms with Crippen LogP contribution in [0.15, 0.2) is 29.2 Å². The van der Waals surface area contributed by atoms with E-state index in [0.29, 0.717) is 30.8 Å². The minimum atomic E-state index is -3.44. The van der Waals surface area contributed by atoms with Gasteiger partial charge in [0.1, 0.15) is 0 Å². The van der Waals surface area contributed by atoms with E-state index >= 15 is 0 Å². The van der Waals surface area contributed by atoms with E-state index in [1.807, 2.05) is 32.9 Å². The summed E-state index contributed by atoms with van der Waals surface area (Å²) in [6.45, 7) is 6.89. The largest absolute Gasteiger partial charge is 0.394 e. The molecule has 2 rings (SSSR count). The molecule has 1 aliphatic heterocycles. The Bertz CT molecular complexity index is 588. The molecule has 1 saturated heterocycles. The predicted molar refractivity (Wildman–Crippen MR) is 87.3 cm³/mol. The van der Waals surface area contributed by atoms with Gasteiger partial charge in [0.05, 0.1) is 11.5 Å². The summed E-state index contributed by atoms with van der Waals surface area (Å²) in [5.74, 6) is 0. The minimum Gasteiger partial charge on any atom is -0.394 e. The lowest BCUT2D eigenvalue weighted by molar-refractivity contribution is 0.0985. The maximum Gasteiger partial charge on any atom is 0.243 e. The van der Waals surface area contributed by atoms with Crippen LogP contribution in [0, 0.1) is 6.92 Å². The second kappa shape index (κ2) is 6.66. The minimum absolute atomic E-state index is 0.0313.